The summed E-state index contributed by atoms with van der Waals surface area (Å²) in [5.74, 6) is -0.329. The van der Waals surface area contributed by atoms with E-state index in [0.717, 1.165) is 70.6 Å². The number of hydrogen-bond donors (Lipinski definition) is 1. The summed E-state index contributed by atoms with van der Waals surface area (Å²) in [5.41, 5.74) is 0. The van der Waals surface area contributed by atoms with Crippen LogP contribution in [-0.4, -0.2) is 75.6 Å². The fourth-order valence-electron chi connectivity index (χ4n) is 5.25. The van der Waals surface area contributed by atoms with Crippen molar-refractivity contribution in [3.63, 3.8) is 0 Å². The van der Waals surface area contributed by atoms with Gasteiger partial charge in [0.2, 0.25) is 0 Å². The van der Waals surface area contributed by atoms with Gasteiger partial charge in [0, 0.05) is 13.0 Å². The van der Waals surface area contributed by atoms with Crippen LogP contribution in [0.4, 0.5) is 0 Å². The van der Waals surface area contributed by atoms with Crippen molar-refractivity contribution < 1.29 is 37.3 Å². The van der Waals surface area contributed by atoms with Crippen LogP contribution in [0.3, 0.4) is 0 Å². The first-order chi connectivity index (χ1) is 24.6. The van der Waals surface area contributed by atoms with Crippen LogP contribution in [0.5, 0.6) is 0 Å². The molecule has 0 aromatic heterocycles. The van der Waals surface area contributed by atoms with Crippen molar-refractivity contribution in [1.82, 2.24) is 0 Å². The van der Waals surface area contributed by atoms with Crippen molar-refractivity contribution in [2.45, 2.75) is 161 Å². The lowest BCUT2D eigenvalue weighted by atomic mass is 10.1. The zero-order valence-electron chi connectivity index (χ0n) is 33.6. The zero-order chi connectivity index (χ0) is 37.7. The van der Waals surface area contributed by atoms with Crippen LogP contribution in [0.2, 0.25) is 0 Å². The predicted octanol–water partition coefficient (Wildman–Crippen LogP) is 11.6. The van der Waals surface area contributed by atoms with E-state index < -0.39 is 13.9 Å². The number of quaternary nitrogens is 1. The Bertz CT molecular complexity index is 957. The van der Waals surface area contributed by atoms with E-state index in [1.54, 1.807) is 0 Å². The van der Waals surface area contributed by atoms with Crippen molar-refractivity contribution >= 4 is 13.8 Å². The van der Waals surface area contributed by atoms with Gasteiger partial charge in [-0.25, -0.2) is 4.57 Å². The van der Waals surface area contributed by atoms with Gasteiger partial charge >= 0.3 is 13.8 Å². The molecule has 1 N–H and O–H groups in total. The van der Waals surface area contributed by atoms with Crippen LogP contribution in [0.25, 0.3) is 0 Å². The van der Waals surface area contributed by atoms with Crippen molar-refractivity contribution in [3.05, 3.63) is 48.6 Å². The molecule has 0 aliphatic heterocycles. The molecule has 0 fully saturated rings. The van der Waals surface area contributed by atoms with E-state index in [1.165, 1.54) is 64.2 Å². The molecular formula is C42H79NO7P+. The minimum atomic E-state index is -4.26. The first kappa shape index (κ1) is 49.5. The van der Waals surface area contributed by atoms with Gasteiger partial charge in [0.05, 0.1) is 34.4 Å². The number of nitrogens with zero attached hydrogens (tertiary/aromatic N) is 1. The maximum atomic E-state index is 12.4. The van der Waals surface area contributed by atoms with Gasteiger partial charge in [-0.3, -0.25) is 13.8 Å². The Morgan fingerprint density at radius 3 is 1.71 bits per heavy atom. The molecule has 0 saturated heterocycles. The number of hydrogen-bond acceptors (Lipinski definition) is 6. The van der Waals surface area contributed by atoms with Crippen LogP contribution in [-0.2, 0) is 27.9 Å². The second kappa shape index (κ2) is 35.5. The fraction of sp³-hybridized carbons (Fsp3) is 0.786. The van der Waals surface area contributed by atoms with E-state index in [2.05, 4.69) is 62.5 Å². The zero-order valence-corrected chi connectivity index (χ0v) is 34.5. The van der Waals surface area contributed by atoms with Crippen molar-refractivity contribution in [2.24, 2.45) is 0 Å². The van der Waals surface area contributed by atoms with Gasteiger partial charge in [-0.1, -0.05) is 146 Å². The van der Waals surface area contributed by atoms with Gasteiger partial charge in [-0.2, -0.15) is 0 Å². The molecule has 298 valence electrons. The highest BCUT2D eigenvalue weighted by molar-refractivity contribution is 7.47. The highest BCUT2D eigenvalue weighted by Crippen LogP contribution is 2.43. The van der Waals surface area contributed by atoms with Gasteiger partial charge in [0.1, 0.15) is 19.3 Å². The molecule has 0 radical (unpaired) electrons. The predicted molar refractivity (Wildman–Crippen MR) is 215 cm³/mol. The minimum Gasteiger partial charge on any atom is -0.457 e. The molecule has 0 spiro atoms. The molecule has 2 atom stereocenters. The van der Waals surface area contributed by atoms with E-state index >= 15 is 0 Å². The molecule has 0 aliphatic rings. The molecule has 0 aromatic rings. The lowest BCUT2D eigenvalue weighted by Crippen LogP contribution is -2.37. The van der Waals surface area contributed by atoms with Crippen molar-refractivity contribution in [1.29, 1.82) is 0 Å². The summed E-state index contributed by atoms with van der Waals surface area (Å²) in [6.45, 7) is 5.41. The van der Waals surface area contributed by atoms with Gasteiger partial charge in [0.25, 0.3) is 0 Å². The molecule has 0 bridgehead atoms. The Morgan fingerprint density at radius 2 is 1.14 bits per heavy atom. The number of carbonyl (C=O) groups excluding carboxylic acids is 1. The fourth-order valence-corrected chi connectivity index (χ4v) is 5.99. The Balaban J connectivity index is 3.97. The summed E-state index contributed by atoms with van der Waals surface area (Å²) in [6.07, 6.45) is 41.9. The van der Waals surface area contributed by atoms with Crippen LogP contribution in [0.15, 0.2) is 48.6 Å². The second-order valence-corrected chi connectivity index (χ2v) is 16.1. The smallest absolute Gasteiger partial charge is 0.457 e. The van der Waals surface area contributed by atoms with E-state index in [9.17, 15) is 14.3 Å². The average Bonchev–Trinajstić information content (AvgIpc) is 3.07. The molecule has 51 heavy (non-hydrogen) atoms. The monoisotopic (exact) mass is 741 g/mol. The van der Waals surface area contributed by atoms with Crippen LogP contribution in [0, 0.1) is 0 Å². The Kier molecular flexibility index (Phi) is 34.4. The second-order valence-electron chi connectivity index (χ2n) is 14.6. The summed E-state index contributed by atoms with van der Waals surface area (Å²) in [4.78, 5) is 22.5. The maximum absolute atomic E-state index is 12.4. The SMILES string of the molecule is CC/C=C\C/C=C\C/C=C\C/C=C\CCCCCCCCCCCCCOCC(COP(=O)(O)OCC[N+](C)(C)C)OC(=O)CCCCCCC. The van der Waals surface area contributed by atoms with E-state index in [-0.39, 0.29) is 25.8 Å². The Morgan fingerprint density at radius 1 is 0.627 bits per heavy atom. The number of unbranched alkanes of at least 4 members (excludes halogenated alkanes) is 15. The summed E-state index contributed by atoms with van der Waals surface area (Å²) in [6, 6.07) is 0. The van der Waals surface area contributed by atoms with E-state index in [1.807, 2.05) is 21.1 Å². The first-order valence-electron chi connectivity index (χ1n) is 20.4. The molecule has 2 unspecified atom stereocenters. The number of phosphoric acid groups is 1. The average molecular weight is 741 g/mol. The Labute approximate surface area is 314 Å². The Hall–Kier alpha value is -1.54. The first-order valence-corrected chi connectivity index (χ1v) is 21.9. The van der Waals surface area contributed by atoms with Crippen molar-refractivity contribution in [2.75, 3.05) is 54.1 Å². The van der Waals surface area contributed by atoms with Crippen molar-refractivity contribution in [3.8, 4) is 0 Å². The van der Waals surface area contributed by atoms with Gasteiger partial charge < -0.3 is 18.9 Å². The molecule has 0 saturated carbocycles. The quantitative estimate of drug-likeness (QED) is 0.0223. The third-order valence-corrected chi connectivity index (χ3v) is 9.39. The molecule has 9 heteroatoms. The summed E-state index contributed by atoms with van der Waals surface area (Å²) in [7, 11) is 1.66. The standard InChI is InChI=1S/C42H78NO7P/c1-6-8-10-12-13-14-15-16-17-18-19-20-21-22-23-24-25-26-27-28-29-30-32-34-37-47-39-41(50-42(44)35-33-31-11-9-7-2)40-49-51(45,46)48-38-36-43(3,4)5/h8,10,13-14,16-17,19-20,41H,6-7,9,11-12,15,18,21-40H2,1-5H3/p+1/b10-8-,14-13-,17-16-,20-19-. The number of rotatable bonds is 37. The van der Waals surface area contributed by atoms with Crippen LogP contribution >= 0.6 is 7.82 Å². The van der Waals surface area contributed by atoms with Gasteiger partial charge in [0.15, 0.2) is 0 Å². The summed E-state index contributed by atoms with van der Waals surface area (Å²) in [5, 5.41) is 0. The largest absolute Gasteiger partial charge is 0.472 e. The molecular weight excluding hydrogens is 661 g/mol. The van der Waals surface area contributed by atoms with Gasteiger partial charge in [-0.15, -0.1) is 0 Å². The van der Waals surface area contributed by atoms with Gasteiger partial charge in [-0.05, 0) is 51.4 Å². The third kappa shape index (κ3) is 39.5. The third-order valence-electron chi connectivity index (χ3n) is 8.40. The van der Waals surface area contributed by atoms with Crippen LogP contribution < -0.4 is 0 Å². The molecule has 0 aromatic carbocycles. The molecule has 0 amide bonds. The number of phosphoric ester groups is 1. The minimum absolute atomic E-state index is 0.0871. The van der Waals surface area contributed by atoms with E-state index in [0.29, 0.717) is 24.1 Å². The normalized spacial score (nSPS) is 14.4. The number of carbonyl (C=O) groups is 1. The van der Waals surface area contributed by atoms with E-state index in [4.69, 9.17) is 18.5 Å². The molecule has 0 aliphatic carbocycles. The lowest BCUT2D eigenvalue weighted by Gasteiger charge is -2.24. The number of allylic oxidation sites excluding steroid dienone is 8. The highest BCUT2D eigenvalue weighted by atomic mass is 31.2. The number of likely N-dealkylation sites (N-methyl/N-ethyl adjacent to an activating group) is 1. The summed E-state index contributed by atoms with van der Waals surface area (Å²) < 4.78 is 34.7. The van der Waals surface area contributed by atoms with Crippen LogP contribution in [0.1, 0.15) is 155 Å². The highest BCUT2D eigenvalue weighted by Gasteiger charge is 2.26. The molecule has 8 nitrogen and oxygen atoms in total. The number of ether oxygens (including phenoxy) is 2. The maximum Gasteiger partial charge on any atom is 0.472 e. The molecule has 0 rings (SSSR count). The lowest BCUT2D eigenvalue weighted by molar-refractivity contribution is -0.870. The summed E-state index contributed by atoms with van der Waals surface area (Å²) >= 11 is 0. The number of esters is 1. The topological polar surface area (TPSA) is 91.3 Å². The molecule has 0 heterocycles.